The number of nitrogen functional groups attached to an aromatic ring is 1. The highest BCUT2D eigenvalue weighted by Gasteiger charge is 2.21. The van der Waals surface area contributed by atoms with E-state index in [1.54, 1.807) is 0 Å². The normalized spacial score (nSPS) is 9.93. The minimum absolute atomic E-state index is 0.245. The van der Waals surface area contributed by atoms with Crippen molar-refractivity contribution >= 4 is 17.3 Å². The molecule has 0 unspecified atom stereocenters. The molecule has 0 aliphatic heterocycles. The van der Waals surface area contributed by atoms with Crippen LogP contribution in [0.15, 0.2) is 12.1 Å². The van der Waals surface area contributed by atoms with E-state index in [0.717, 1.165) is 12.1 Å². The van der Waals surface area contributed by atoms with Crippen molar-refractivity contribution in [1.29, 1.82) is 0 Å². The first-order valence-electron chi connectivity index (χ1n) is 3.86. The highest BCUT2D eigenvalue weighted by molar-refractivity contribution is 5.75. The molecule has 0 aliphatic rings. The molecule has 0 fully saturated rings. The molecule has 0 amide bonds. The van der Waals surface area contributed by atoms with Gasteiger partial charge in [0, 0.05) is 11.6 Å². The summed E-state index contributed by atoms with van der Waals surface area (Å²) >= 11 is 0. The van der Waals surface area contributed by atoms with E-state index >= 15 is 0 Å². The van der Waals surface area contributed by atoms with Crippen LogP contribution in [0.3, 0.4) is 0 Å². The molecule has 0 radical (unpaired) electrons. The molecule has 3 N–H and O–H groups in total. The van der Waals surface area contributed by atoms with Crippen LogP contribution in [0.25, 0.3) is 0 Å². The summed E-state index contributed by atoms with van der Waals surface area (Å²) < 4.78 is 12.8. The van der Waals surface area contributed by atoms with Crippen molar-refractivity contribution in [3.63, 3.8) is 0 Å². The van der Waals surface area contributed by atoms with Gasteiger partial charge in [0.15, 0.2) is 0 Å². The van der Waals surface area contributed by atoms with Gasteiger partial charge >= 0.3 is 5.97 Å². The number of carbonyl (C=O) groups is 1. The first kappa shape index (κ1) is 10.9. The van der Waals surface area contributed by atoms with E-state index in [2.05, 4.69) is 0 Å². The van der Waals surface area contributed by atoms with Crippen molar-refractivity contribution in [1.82, 2.24) is 0 Å². The van der Waals surface area contributed by atoms with Crippen LogP contribution in [0.4, 0.5) is 15.8 Å². The molecule has 0 spiro atoms. The number of benzene rings is 1. The highest BCUT2D eigenvalue weighted by atomic mass is 19.1. The maximum atomic E-state index is 12.8. The van der Waals surface area contributed by atoms with Gasteiger partial charge in [-0.3, -0.25) is 14.9 Å². The van der Waals surface area contributed by atoms with Crippen LogP contribution >= 0.6 is 0 Å². The third-order valence-electron chi connectivity index (χ3n) is 1.71. The van der Waals surface area contributed by atoms with Crippen molar-refractivity contribution in [2.45, 2.75) is 6.42 Å². The molecule has 80 valence electrons. The molecular formula is C8H7FN2O4. The molecule has 6 nitrogen and oxygen atoms in total. The molecule has 0 atom stereocenters. The van der Waals surface area contributed by atoms with Gasteiger partial charge in [-0.05, 0) is 6.07 Å². The Bertz CT molecular complexity index is 433. The number of hydrogen-bond acceptors (Lipinski definition) is 4. The van der Waals surface area contributed by atoms with Crippen molar-refractivity contribution in [2.24, 2.45) is 0 Å². The summed E-state index contributed by atoms with van der Waals surface area (Å²) in [6.07, 6.45) is -0.641. The van der Waals surface area contributed by atoms with Gasteiger partial charge in [-0.2, -0.15) is 0 Å². The summed E-state index contributed by atoms with van der Waals surface area (Å²) in [5.41, 5.74) is 4.04. The van der Waals surface area contributed by atoms with Crippen LogP contribution in [0.2, 0.25) is 0 Å². The van der Waals surface area contributed by atoms with Crippen LogP contribution < -0.4 is 5.73 Å². The van der Waals surface area contributed by atoms with Gasteiger partial charge in [0.05, 0.1) is 11.3 Å². The Balaban J connectivity index is 3.33. The summed E-state index contributed by atoms with van der Waals surface area (Å²) in [7, 11) is 0. The maximum Gasteiger partial charge on any atom is 0.308 e. The molecule has 1 aromatic carbocycles. The van der Waals surface area contributed by atoms with Crippen LogP contribution in [0.1, 0.15) is 5.56 Å². The quantitative estimate of drug-likeness (QED) is 0.442. The second-order valence-corrected chi connectivity index (χ2v) is 2.83. The number of hydrogen-bond donors (Lipinski definition) is 2. The number of nitro groups is 1. The number of carboxylic acids is 1. The summed E-state index contributed by atoms with van der Waals surface area (Å²) in [5.74, 6) is -2.09. The van der Waals surface area contributed by atoms with Gasteiger partial charge in [-0.25, -0.2) is 4.39 Å². The first-order chi connectivity index (χ1) is 6.91. The summed E-state index contributed by atoms with van der Waals surface area (Å²) in [6.45, 7) is 0. The monoisotopic (exact) mass is 214 g/mol. The zero-order valence-corrected chi connectivity index (χ0v) is 7.44. The van der Waals surface area contributed by atoms with Crippen LogP contribution in [-0.2, 0) is 11.2 Å². The average molecular weight is 214 g/mol. The summed E-state index contributed by atoms with van der Waals surface area (Å²) in [4.78, 5) is 20.1. The van der Waals surface area contributed by atoms with Crippen molar-refractivity contribution in [2.75, 3.05) is 5.73 Å². The molecule has 1 aromatic rings. The van der Waals surface area contributed by atoms with Gasteiger partial charge in [-0.1, -0.05) is 0 Å². The Morgan fingerprint density at radius 2 is 2.20 bits per heavy atom. The number of anilines is 1. The van der Waals surface area contributed by atoms with E-state index in [1.165, 1.54) is 0 Å². The Kier molecular flexibility index (Phi) is 2.84. The standard InChI is InChI=1S/C8H7FN2O4/c9-5-1-4(2-7(12)13)8(11(14)15)6(10)3-5/h1,3H,2,10H2,(H,12,13). The molecule has 1 rings (SSSR count). The third kappa shape index (κ3) is 2.39. The van der Waals surface area contributed by atoms with E-state index in [-0.39, 0.29) is 11.3 Å². The molecular weight excluding hydrogens is 207 g/mol. The third-order valence-corrected chi connectivity index (χ3v) is 1.71. The van der Waals surface area contributed by atoms with E-state index in [9.17, 15) is 19.3 Å². The van der Waals surface area contributed by atoms with E-state index in [4.69, 9.17) is 10.8 Å². The van der Waals surface area contributed by atoms with Crippen molar-refractivity contribution in [3.8, 4) is 0 Å². The first-order valence-corrected chi connectivity index (χ1v) is 3.86. The lowest BCUT2D eigenvalue weighted by Gasteiger charge is -2.03. The topological polar surface area (TPSA) is 106 Å². The summed E-state index contributed by atoms with van der Waals surface area (Å²) in [6, 6.07) is 1.58. The lowest BCUT2D eigenvalue weighted by atomic mass is 10.1. The Morgan fingerprint density at radius 3 is 2.67 bits per heavy atom. The van der Waals surface area contributed by atoms with Gasteiger partial charge in [0.1, 0.15) is 11.5 Å². The number of rotatable bonds is 3. The van der Waals surface area contributed by atoms with Gasteiger partial charge in [-0.15, -0.1) is 0 Å². The van der Waals surface area contributed by atoms with E-state index in [0.29, 0.717) is 0 Å². The largest absolute Gasteiger partial charge is 0.481 e. The Labute approximate surface area is 83.3 Å². The van der Waals surface area contributed by atoms with Crippen LogP contribution in [0, 0.1) is 15.9 Å². The fourth-order valence-corrected chi connectivity index (χ4v) is 1.20. The number of nitrogens with zero attached hydrogens (tertiary/aromatic N) is 1. The number of aliphatic carboxylic acids is 1. The molecule has 0 saturated heterocycles. The smallest absolute Gasteiger partial charge is 0.308 e. The molecule has 0 bridgehead atoms. The number of nitro benzene ring substituents is 1. The second kappa shape index (κ2) is 3.91. The minimum atomic E-state index is -1.29. The molecule has 7 heteroatoms. The fraction of sp³-hybridized carbons (Fsp3) is 0.125. The van der Waals surface area contributed by atoms with E-state index in [1.807, 2.05) is 0 Å². The van der Waals surface area contributed by atoms with Gasteiger partial charge < -0.3 is 10.8 Å². The summed E-state index contributed by atoms with van der Waals surface area (Å²) in [5, 5.41) is 19.0. The number of carboxylic acid groups (broad SMARTS) is 1. The molecule has 0 aromatic heterocycles. The van der Waals surface area contributed by atoms with Crippen LogP contribution in [0.5, 0.6) is 0 Å². The van der Waals surface area contributed by atoms with Crippen LogP contribution in [-0.4, -0.2) is 16.0 Å². The molecule has 0 aliphatic carbocycles. The average Bonchev–Trinajstić information content (AvgIpc) is 1.99. The predicted molar refractivity (Wildman–Crippen MR) is 48.8 cm³/mol. The Hall–Kier alpha value is -2.18. The van der Waals surface area contributed by atoms with Gasteiger partial charge in [0.25, 0.3) is 5.69 Å². The number of nitrogens with two attached hydrogens (primary N) is 1. The van der Waals surface area contributed by atoms with E-state index < -0.39 is 28.8 Å². The van der Waals surface area contributed by atoms with Gasteiger partial charge in [0.2, 0.25) is 0 Å². The lowest BCUT2D eigenvalue weighted by Crippen LogP contribution is -2.06. The minimum Gasteiger partial charge on any atom is -0.481 e. The second-order valence-electron chi connectivity index (χ2n) is 2.83. The SMILES string of the molecule is Nc1cc(F)cc(CC(=O)O)c1[N+](=O)[O-]. The highest BCUT2D eigenvalue weighted by Crippen LogP contribution is 2.27. The number of halogens is 1. The molecule has 15 heavy (non-hydrogen) atoms. The lowest BCUT2D eigenvalue weighted by molar-refractivity contribution is -0.384. The molecule has 0 heterocycles. The van der Waals surface area contributed by atoms with Crippen molar-refractivity contribution < 1.29 is 19.2 Å². The predicted octanol–water partition coefficient (Wildman–Crippen LogP) is 0.943. The fourth-order valence-electron chi connectivity index (χ4n) is 1.20. The zero-order valence-electron chi connectivity index (χ0n) is 7.44. The zero-order chi connectivity index (χ0) is 11.6. The Morgan fingerprint density at radius 1 is 1.60 bits per heavy atom. The molecule has 0 saturated carbocycles. The maximum absolute atomic E-state index is 12.8. The van der Waals surface area contributed by atoms with Crippen molar-refractivity contribution in [3.05, 3.63) is 33.6 Å².